The highest BCUT2D eigenvalue weighted by molar-refractivity contribution is 5.74. The van der Waals surface area contributed by atoms with Crippen LogP contribution in [-0.4, -0.2) is 62.1 Å². The summed E-state index contributed by atoms with van der Waals surface area (Å²) >= 11 is 0. The molecule has 3 nitrogen and oxygen atoms in total. The van der Waals surface area contributed by atoms with E-state index in [-0.39, 0.29) is 0 Å². The molecule has 0 bridgehead atoms. The van der Waals surface area contributed by atoms with E-state index in [9.17, 15) is 0 Å². The van der Waals surface area contributed by atoms with Crippen LogP contribution in [-0.2, 0) is 0 Å². The van der Waals surface area contributed by atoms with Gasteiger partial charge in [0.15, 0.2) is 0 Å². The van der Waals surface area contributed by atoms with Crippen LogP contribution >= 0.6 is 0 Å². The van der Waals surface area contributed by atoms with Crippen molar-refractivity contribution in [3.05, 3.63) is 0 Å². The van der Waals surface area contributed by atoms with Crippen molar-refractivity contribution in [1.82, 2.24) is 9.80 Å². The normalized spacial score (nSPS) is 10.9. The molecule has 0 aromatic rings. The minimum atomic E-state index is 1.16. The van der Waals surface area contributed by atoms with Gasteiger partial charge in [-0.3, -0.25) is 14.4 Å². The first-order chi connectivity index (χ1) is 13.5. The van der Waals surface area contributed by atoms with Gasteiger partial charge < -0.3 is 0 Å². The first-order valence-electron chi connectivity index (χ1n) is 12.4. The molecule has 0 fully saturated rings. The van der Waals surface area contributed by atoms with Crippen molar-refractivity contribution in [2.45, 2.75) is 116 Å². The lowest BCUT2D eigenvalue weighted by Crippen LogP contribution is -2.43. The Morgan fingerprint density at radius 1 is 0.536 bits per heavy atom. The standard InChI is InChI=1S/C25H54N3/c1-7-8-9-10-11-12-13-14-15-16-17-18-19-20-21-22-23-24-28(6)25(26(2)3)27(4)5/h7-24H2,1-6H3/q+1. The monoisotopic (exact) mass is 396 g/mol. The van der Waals surface area contributed by atoms with E-state index in [0.29, 0.717) is 0 Å². The summed E-state index contributed by atoms with van der Waals surface area (Å²) in [6.07, 6.45) is 24.4. The van der Waals surface area contributed by atoms with Gasteiger partial charge >= 0.3 is 5.96 Å². The Bertz CT molecular complexity index is 359. The second-order valence-corrected chi connectivity index (χ2v) is 9.17. The molecule has 0 aliphatic heterocycles. The largest absolute Gasteiger partial charge is 0.349 e. The predicted octanol–water partition coefficient (Wildman–Crippen LogP) is 6.76. The van der Waals surface area contributed by atoms with E-state index in [1.165, 1.54) is 115 Å². The third kappa shape index (κ3) is 16.2. The van der Waals surface area contributed by atoms with Gasteiger partial charge in [0.05, 0.1) is 41.8 Å². The van der Waals surface area contributed by atoms with Gasteiger partial charge in [0, 0.05) is 0 Å². The fourth-order valence-electron chi connectivity index (χ4n) is 4.26. The second kappa shape index (κ2) is 19.6. The quantitative estimate of drug-likeness (QED) is 0.110. The topological polar surface area (TPSA) is 9.49 Å². The number of guanidine groups is 1. The van der Waals surface area contributed by atoms with E-state index in [0.717, 1.165) is 6.54 Å². The number of rotatable bonds is 18. The lowest BCUT2D eigenvalue weighted by Gasteiger charge is -2.21. The van der Waals surface area contributed by atoms with Gasteiger partial charge in [-0.05, 0) is 6.42 Å². The van der Waals surface area contributed by atoms with Gasteiger partial charge in [-0.2, -0.15) is 0 Å². The molecule has 0 unspecified atom stereocenters. The molecule has 0 aliphatic rings. The van der Waals surface area contributed by atoms with Gasteiger partial charge in [-0.1, -0.05) is 110 Å². The Morgan fingerprint density at radius 2 is 0.857 bits per heavy atom. The highest BCUT2D eigenvalue weighted by Gasteiger charge is 2.17. The molecule has 0 aromatic heterocycles. The number of unbranched alkanes of at least 4 members (excludes halogenated alkanes) is 16. The van der Waals surface area contributed by atoms with Crippen molar-refractivity contribution >= 4 is 5.96 Å². The van der Waals surface area contributed by atoms with Crippen molar-refractivity contribution in [3.63, 3.8) is 0 Å². The zero-order valence-corrected chi connectivity index (χ0v) is 20.6. The van der Waals surface area contributed by atoms with E-state index in [4.69, 9.17) is 0 Å². The Kier molecular flexibility index (Phi) is 19.1. The first-order valence-corrected chi connectivity index (χ1v) is 12.4. The average Bonchev–Trinajstić information content (AvgIpc) is 2.63. The smallest absolute Gasteiger partial charge is 0.270 e. The van der Waals surface area contributed by atoms with E-state index < -0.39 is 0 Å². The molecule has 0 heterocycles. The van der Waals surface area contributed by atoms with Crippen molar-refractivity contribution in [2.75, 3.05) is 41.8 Å². The van der Waals surface area contributed by atoms with Crippen LogP contribution < -0.4 is 0 Å². The zero-order valence-electron chi connectivity index (χ0n) is 20.6. The molecule has 3 heteroatoms. The summed E-state index contributed by atoms with van der Waals surface area (Å²) in [5.74, 6) is 1.29. The van der Waals surface area contributed by atoms with Crippen LogP contribution in [0.25, 0.3) is 0 Å². The lowest BCUT2D eigenvalue weighted by atomic mass is 10.0. The summed E-state index contributed by atoms with van der Waals surface area (Å²) in [6.45, 7) is 3.45. The molecule has 0 radical (unpaired) electrons. The molecule has 0 amide bonds. The summed E-state index contributed by atoms with van der Waals surface area (Å²) in [5, 5.41) is 0. The Labute approximate surface area is 178 Å². The molecule has 0 aromatic carbocycles. The van der Waals surface area contributed by atoms with Crippen LogP contribution in [0.1, 0.15) is 116 Å². The summed E-state index contributed by atoms with van der Waals surface area (Å²) in [5.41, 5.74) is 0. The van der Waals surface area contributed by atoms with Crippen molar-refractivity contribution in [3.8, 4) is 0 Å². The first kappa shape index (κ1) is 27.3. The third-order valence-electron chi connectivity index (χ3n) is 5.74. The summed E-state index contributed by atoms with van der Waals surface area (Å²) in [6, 6.07) is 0. The maximum absolute atomic E-state index is 2.38. The lowest BCUT2D eigenvalue weighted by molar-refractivity contribution is -0.475. The van der Waals surface area contributed by atoms with E-state index >= 15 is 0 Å². The molecule has 0 atom stereocenters. The molecule has 0 aliphatic carbocycles. The number of hydrogen-bond donors (Lipinski definition) is 0. The van der Waals surface area contributed by atoms with Gasteiger partial charge in [-0.15, -0.1) is 0 Å². The Balaban J connectivity index is 3.33. The zero-order chi connectivity index (χ0) is 21.0. The number of hydrogen-bond acceptors (Lipinski definition) is 0. The van der Waals surface area contributed by atoms with Crippen LogP contribution in [0.2, 0.25) is 0 Å². The molecule has 0 spiro atoms. The fourth-order valence-corrected chi connectivity index (χ4v) is 4.26. The average molecular weight is 397 g/mol. The molecule has 0 N–H and O–H groups in total. The summed E-state index contributed by atoms with van der Waals surface area (Å²) < 4.78 is 2.20. The highest BCUT2D eigenvalue weighted by Crippen LogP contribution is 2.14. The SMILES string of the molecule is CCCCCCCCCCCCCCCCCCCN(C)C(N(C)C)=[N+](C)C. The van der Waals surface area contributed by atoms with Crippen LogP contribution in [0.4, 0.5) is 0 Å². The molecule has 28 heavy (non-hydrogen) atoms. The molecular formula is C25H54N3+. The van der Waals surface area contributed by atoms with Crippen LogP contribution in [0.5, 0.6) is 0 Å². The summed E-state index contributed by atoms with van der Waals surface area (Å²) in [7, 11) is 10.7. The van der Waals surface area contributed by atoms with E-state index in [1.54, 1.807) is 0 Å². The van der Waals surface area contributed by atoms with Gasteiger partial charge in [0.1, 0.15) is 0 Å². The van der Waals surface area contributed by atoms with Crippen molar-refractivity contribution in [1.29, 1.82) is 0 Å². The van der Waals surface area contributed by atoms with E-state index in [2.05, 4.69) is 56.5 Å². The van der Waals surface area contributed by atoms with Crippen LogP contribution in [0.3, 0.4) is 0 Å². The molecule has 0 saturated carbocycles. The molecule has 0 saturated heterocycles. The third-order valence-corrected chi connectivity index (χ3v) is 5.74. The van der Waals surface area contributed by atoms with Gasteiger partial charge in [-0.25, -0.2) is 0 Å². The molecular weight excluding hydrogens is 342 g/mol. The predicted molar refractivity (Wildman–Crippen MR) is 128 cm³/mol. The minimum absolute atomic E-state index is 1.16. The minimum Gasteiger partial charge on any atom is -0.270 e. The Hall–Kier alpha value is -0.730. The highest BCUT2D eigenvalue weighted by atomic mass is 15.4. The van der Waals surface area contributed by atoms with Crippen molar-refractivity contribution < 1.29 is 4.58 Å². The van der Waals surface area contributed by atoms with Gasteiger partial charge in [0.25, 0.3) is 0 Å². The maximum Gasteiger partial charge on any atom is 0.349 e. The van der Waals surface area contributed by atoms with Gasteiger partial charge in [0.2, 0.25) is 0 Å². The molecule has 0 rings (SSSR count). The second-order valence-electron chi connectivity index (χ2n) is 9.17. The van der Waals surface area contributed by atoms with E-state index in [1.807, 2.05) is 0 Å². The van der Waals surface area contributed by atoms with Crippen molar-refractivity contribution in [2.24, 2.45) is 0 Å². The number of nitrogens with zero attached hydrogens (tertiary/aromatic N) is 3. The van der Waals surface area contributed by atoms with Crippen LogP contribution in [0, 0.1) is 0 Å². The van der Waals surface area contributed by atoms with Crippen LogP contribution in [0.15, 0.2) is 0 Å². The Morgan fingerprint density at radius 3 is 1.14 bits per heavy atom. The summed E-state index contributed by atoms with van der Waals surface area (Å²) in [4.78, 5) is 4.58. The maximum atomic E-state index is 2.38. The fraction of sp³-hybridized carbons (Fsp3) is 0.960. The molecule has 168 valence electrons.